The molecule has 3 nitrogen and oxygen atoms in total. The molecule has 1 atom stereocenters. The molecule has 1 saturated carbocycles. The zero-order chi connectivity index (χ0) is 11.7. The monoisotopic (exact) mass is 220 g/mol. The third kappa shape index (κ3) is 2.47. The van der Waals surface area contributed by atoms with Crippen molar-refractivity contribution in [3.8, 4) is 5.75 Å². The topological polar surface area (TPSA) is 49.5 Å². The van der Waals surface area contributed by atoms with Gasteiger partial charge < -0.3 is 10.8 Å². The molecule has 88 valence electrons. The highest BCUT2D eigenvalue weighted by molar-refractivity contribution is 5.53. The quantitative estimate of drug-likeness (QED) is 0.604. The van der Waals surface area contributed by atoms with Gasteiger partial charge in [-0.05, 0) is 50.4 Å². The average Bonchev–Trinajstić information content (AvgIpc) is 3.06. The lowest BCUT2D eigenvalue weighted by Gasteiger charge is -2.24. The molecule has 1 aromatic rings. The summed E-state index contributed by atoms with van der Waals surface area (Å²) in [4.78, 5) is 2.35. The molecule has 1 aliphatic rings. The fourth-order valence-electron chi connectivity index (χ4n) is 2.07. The molecule has 3 N–H and O–H groups in total. The number of benzene rings is 1. The number of aromatic hydroxyl groups is 1. The summed E-state index contributed by atoms with van der Waals surface area (Å²) in [5, 5.41) is 9.35. The van der Waals surface area contributed by atoms with Crippen molar-refractivity contribution in [1.82, 2.24) is 4.90 Å². The van der Waals surface area contributed by atoms with Crippen LogP contribution in [0.2, 0.25) is 0 Å². The van der Waals surface area contributed by atoms with E-state index in [-0.39, 0.29) is 5.75 Å². The number of phenolic OH excluding ortho intramolecular Hbond substituents is 1. The van der Waals surface area contributed by atoms with Gasteiger partial charge in [0, 0.05) is 12.6 Å². The summed E-state index contributed by atoms with van der Waals surface area (Å²) in [6.45, 7) is 3.17. The number of anilines is 1. The number of phenols is 1. The second-order valence-electron chi connectivity index (χ2n) is 4.89. The van der Waals surface area contributed by atoms with Gasteiger partial charge in [-0.3, -0.25) is 4.90 Å². The molecule has 0 aromatic heterocycles. The third-order valence-electron chi connectivity index (χ3n) is 3.52. The summed E-state index contributed by atoms with van der Waals surface area (Å²) in [6.07, 6.45) is 2.73. The number of rotatable bonds is 4. The lowest BCUT2D eigenvalue weighted by molar-refractivity contribution is 0.226. The number of nitrogens with two attached hydrogens (primary N) is 1. The first-order valence-corrected chi connectivity index (χ1v) is 5.85. The molecule has 1 fully saturated rings. The van der Waals surface area contributed by atoms with Crippen LogP contribution in [0.4, 0.5) is 5.69 Å². The van der Waals surface area contributed by atoms with Gasteiger partial charge in [0.2, 0.25) is 0 Å². The highest BCUT2D eigenvalue weighted by atomic mass is 16.3. The Morgan fingerprint density at radius 3 is 2.75 bits per heavy atom. The van der Waals surface area contributed by atoms with Crippen molar-refractivity contribution in [3.63, 3.8) is 0 Å². The molecule has 1 aliphatic carbocycles. The molecule has 3 heteroatoms. The van der Waals surface area contributed by atoms with Crippen molar-refractivity contribution >= 4 is 5.69 Å². The van der Waals surface area contributed by atoms with Crippen LogP contribution in [0.15, 0.2) is 18.2 Å². The predicted octanol–water partition coefficient (Wildman–Crippen LogP) is 2.20. The van der Waals surface area contributed by atoms with E-state index in [1.165, 1.54) is 12.8 Å². The molecule has 0 spiro atoms. The van der Waals surface area contributed by atoms with Crippen molar-refractivity contribution in [2.75, 3.05) is 12.8 Å². The number of hydrogen-bond acceptors (Lipinski definition) is 3. The van der Waals surface area contributed by atoms with Gasteiger partial charge in [-0.15, -0.1) is 0 Å². The number of nitrogens with zero attached hydrogens (tertiary/aromatic N) is 1. The maximum atomic E-state index is 9.35. The predicted molar refractivity (Wildman–Crippen MR) is 66.2 cm³/mol. The van der Waals surface area contributed by atoms with E-state index in [4.69, 9.17) is 5.73 Å². The van der Waals surface area contributed by atoms with Crippen LogP contribution in [0.1, 0.15) is 25.3 Å². The fraction of sp³-hybridized carbons (Fsp3) is 0.538. The maximum Gasteiger partial charge on any atom is 0.138 e. The first-order valence-electron chi connectivity index (χ1n) is 5.85. The Kier molecular flexibility index (Phi) is 3.06. The minimum atomic E-state index is 0.168. The number of nitrogen functional groups attached to an aromatic ring is 1. The van der Waals surface area contributed by atoms with E-state index >= 15 is 0 Å². The van der Waals surface area contributed by atoms with Crippen LogP contribution in [-0.2, 0) is 6.54 Å². The summed E-state index contributed by atoms with van der Waals surface area (Å²) in [7, 11) is 2.14. The first kappa shape index (κ1) is 11.3. The molecule has 1 unspecified atom stereocenters. The molecular formula is C13H20N2O. The van der Waals surface area contributed by atoms with Crippen molar-refractivity contribution < 1.29 is 5.11 Å². The lowest BCUT2D eigenvalue weighted by atomic mass is 10.1. The minimum absolute atomic E-state index is 0.168. The molecular weight excluding hydrogens is 200 g/mol. The minimum Gasteiger partial charge on any atom is -0.506 e. The summed E-state index contributed by atoms with van der Waals surface area (Å²) in [5.41, 5.74) is 7.30. The van der Waals surface area contributed by atoms with Crippen LogP contribution in [0.5, 0.6) is 5.75 Å². The van der Waals surface area contributed by atoms with Crippen LogP contribution in [0.3, 0.4) is 0 Å². The SMILES string of the molecule is CC(C1CC1)N(C)Cc1ccc(O)c(N)c1. The first-order chi connectivity index (χ1) is 7.58. The maximum absolute atomic E-state index is 9.35. The van der Waals surface area contributed by atoms with Crippen molar-refractivity contribution in [1.29, 1.82) is 0 Å². The van der Waals surface area contributed by atoms with E-state index in [2.05, 4.69) is 18.9 Å². The van der Waals surface area contributed by atoms with Crippen LogP contribution < -0.4 is 5.73 Å². The Balaban J connectivity index is 1.99. The van der Waals surface area contributed by atoms with Crippen LogP contribution in [0.25, 0.3) is 0 Å². The van der Waals surface area contributed by atoms with Crippen LogP contribution in [-0.4, -0.2) is 23.1 Å². The summed E-state index contributed by atoms with van der Waals surface area (Å²) < 4.78 is 0. The molecule has 0 amide bonds. The van der Waals surface area contributed by atoms with Gasteiger partial charge in [0.15, 0.2) is 0 Å². The molecule has 0 bridgehead atoms. The summed E-state index contributed by atoms with van der Waals surface area (Å²) in [6, 6.07) is 6.09. The second-order valence-corrected chi connectivity index (χ2v) is 4.89. The van der Waals surface area contributed by atoms with Crippen LogP contribution in [0, 0.1) is 5.92 Å². The molecule has 1 aromatic carbocycles. The van der Waals surface area contributed by atoms with E-state index in [0.717, 1.165) is 18.0 Å². The highest BCUT2D eigenvalue weighted by Crippen LogP contribution is 2.35. The Morgan fingerprint density at radius 1 is 1.50 bits per heavy atom. The third-order valence-corrected chi connectivity index (χ3v) is 3.52. The van der Waals surface area contributed by atoms with Crippen molar-refractivity contribution in [3.05, 3.63) is 23.8 Å². The van der Waals surface area contributed by atoms with E-state index < -0.39 is 0 Å². The molecule has 0 heterocycles. The van der Waals surface area contributed by atoms with Gasteiger partial charge >= 0.3 is 0 Å². The molecule has 0 radical (unpaired) electrons. The normalized spacial score (nSPS) is 17.7. The lowest BCUT2D eigenvalue weighted by Crippen LogP contribution is -2.30. The zero-order valence-corrected chi connectivity index (χ0v) is 9.98. The van der Waals surface area contributed by atoms with E-state index in [1.807, 2.05) is 12.1 Å². The molecule has 0 saturated heterocycles. The van der Waals surface area contributed by atoms with Gasteiger partial charge in [0.25, 0.3) is 0 Å². The van der Waals surface area contributed by atoms with E-state index in [1.54, 1.807) is 6.07 Å². The Hall–Kier alpha value is -1.22. The average molecular weight is 220 g/mol. The van der Waals surface area contributed by atoms with Gasteiger partial charge in [-0.1, -0.05) is 6.07 Å². The molecule has 2 rings (SSSR count). The Morgan fingerprint density at radius 2 is 2.19 bits per heavy atom. The van der Waals surface area contributed by atoms with Gasteiger partial charge in [0.05, 0.1) is 5.69 Å². The van der Waals surface area contributed by atoms with Crippen molar-refractivity contribution in [2.45, 2.75) is 32.4 Å². The number of hydrogen-bond donors (Lipinski definition) is 2. The Labute approximate surface area is 96.9 Å². The van der Waals surface area contributed by atoms with Crippen LogP contribution >= 0.6 is 0 Å². The van der Waals surface area contributed by atoms with Gasteiger partial charge in [-0.2, -0.15) is 0 Å². The Bertz CT molecular complexity index is 374. The highest BCUT2D eigenvalue weighted by Gasteiger charge is 2.30. The smallest absolute Gasteiger partial charge is 0.138 e. The zero-order valence-electron chi connectivity index (χ0n) is 9.98. The van der Waals surface area contributed by atoms with E-state index in [0.29, 0.717) is 11.7 Å². The second kappa shape index (κ2) is 4.34. The van der Waals surface area contributed by atoms with Crippen molar-refractivity contribution in [2.24, 2.45) is 5.92 Å². The standard InChI is InChI=1S/C13H20N2O/c1-9(11-4-5-11)15(2)8-10-3-6-13(16)12(14)7-10/h3,6-7,9,11,16H,4-5,8,14H2,1-2H3. The summed E-state index contributed by atoms with van der Waals surface area (Å²) in [5.74, 6) is 1.04. The largest absolute Gasteiger partial charge is 0.506 e. The van der Waals surface area contributed by atoms with Gasteiger partial charge in [-0.25, -0.2) is 0 Å². The molecule has 16 heavy (non-hydrogen) atoms. The summed E-state index contributed by atoms with van der Waals surface area (Å²) >= 11 is 0. The van der Waals surface area contributed by atoms with E-state index in [9.17, 15) is 5.11 Å². The fourth-order valence-corrected chi connectivity index (χ4v) is 2.07. The van der Waals surface area contributed by atoms with Gasteiger partial charge in [0.1, 0.15) is 5.75 Å². The molecule has 0 aliphatic heterocycles.